The van der Waals surface area contributed by atoms with E-state index in [9.17, 15) is 9.59 Å². The SMILES string of the molecule is NC(=O)c1cccc(NCC(=O)NCc2ccccc2Cl)c1. The number of halogens is 1. The highest BCUT2D eigenvalue weighted by atomic mass is 35.5. The number of anilines is 1. The molecule has 0 unspecified atom stereocenters. The Bertz CT molecular complexity index is 689. The maximum Gasteiger partial charge on any atom is 0.248 e. The molecule has 4 N–H and O–H groups in total. The van der Waals surface area contributed by atoms with Crippen LogP contribution in [0.25, 0.3) is 0 Å². The molecule has 0 fully saturated rings. The molecule has 114 valence electrons. The van der Waals surface area contributed by atoms with Crippen molar-refractivity contribution in [3.05, 3.63) is 64.7 Å². The average Bonchev–Trinajstić information content (AvgIpc) is 2.52. The number of carbonyl (C=O) groups is 2. The number of amides is 2. The molecular formula is C16H16ClN3O2. The zero-order valence-corrected chi connectivity index (χ0v) is 12.6. The van der Waals surface area contributed by atoms with E-state index in [4.69, 9.17) is 17.3 Å². The van der Waals surface area contributed by atoms with Gasteiger partial charge in [-0.05, 0) is 29.8 Å². The van der Waals surface area contributed by atoms with Gasteiger partial charge in [-0.3, -0.25) is 9.59 Å². The quantitative estimate of drug-likeness (QED) is 0.763. The minimum atomic E-state index is -0.508. The summed E-state index contributed by atoms with van der Waals surface area (Å²) in [5.74, 6) is -0.684. The lowest BCUT2D eigenvalue weighted by atomic mass is 10.2. The second kappa shape index (κ2) is 7.47. The van der Waals surface area contributed by atoms with Crippen molar-refractivity contribution in [3.8, 4) is 0 Å². The maximum atomic E-state index is 11.8. The molecule has 0 aliphatic heterocycles. The van der Waals surface area contributed by atoms with Gasteiger partial charge in [-0.2, -0.15) is 0 Å². The van der Waals surface area contributed by atoms with Crippen molar-refractivity contribution in [3.63, 3.8) is 0 Å². The Balaban J connectivity index is 1.84. The normalized spacial score (nSPS) is 10.0. The van der Waals surface area contributed by atoms with Crippen LogP contribution in [0.3, 0.4) is 0 Å². The number of carbonyl (C=O) groups excluding carboxylic acids is 2. The Morgan fingerprint density at radius 2 is 1.86 bits per heavy atom. The summed E-state index contributed by atoms with van der Waals surface area (Å²) < 4.78 is 0. The number of hydrogen-bond acceptors (Lipinski definition) is 3. The fourth-order valence-corrected chi connectivity index (χ4v) is 2.07. The summed E-state index contributed by atoms with van der Waals surface area (Å²) in [5.41, 5.74) is 7.11. The largest absolute Gasteiger partial charge is 0.376 e. The van der Waals surface area contributed by atoms with E-state index < -0.39 is 5.91 Å². The van der Waals surface area contributed by atoms with Crippen LogP contribution >= 0.6 is 11.6 Å². The third-order valence-electron chi connectivity index (χ3n) is 3.03. The van der Waals surface area contributed by atoms with Crippen LogP contribution in [-0.4, -0.2) is 18.4 Å². The van der Waals surface area contributed by atoms with E-state index in [-0.39, 0.29) is 12.5 Å². The maximum absolute atomic E-state index is 11.8. The Morgan fingerprint density at radius 3 is 2.59 bits per heavy atom. The number of hydrogen-bond donors (Lipinski definition) is 3. The van der Waals surface area contributed by atoms with Crippen LogP contribution < -0.4 is 16.4 Å². The number of rotatable bonds is 6. The van der Waals surface area contributed by atoms with Crippen LogP contribution in [0.5, 0.6) is 0 Å². The molecule has 0 atom stereocenters. The highest BCUT2D eigenvalue weighted by Crippen LogP contribution is 2.14. The number of benzene rings is 2. The van der Waals surface area contributed by atoms with E-state index in [1.165, 1.54) is 0 Å². The van der Waals surface area contributed by atoms with Gasteiger partial charge in [0.1, 0.15) is 0 Å². The molecule has 6 heteroatoms. The highest BCUT2D eigenvalue weighted by Gasteiger charge is 2.05. The monoisotopic (exact) mass is 317 g/mol. The summed E-state index contributed by atoms with van der Waals surface area (Å²) in [4.78, 5) is 22.9. The van der Waals surface area contributed by atoms with Gasteiger partial charge in [0, 0.05) is 22.8 Å². The molecule has 2 amide bonds. The lowest BCUT2D eigenvalue weighted by Crippen LogP contribution is -2.29. The van der Waals surface area contributed by atoms with Crippen molar-refractivity contribution in [2.45, 2.75) is 6.54 Å². The van der Waals surface area contributed by atoms with Crippen LogP contribution in [0.15, 0.2) is 48.5 Å². The minimum Gasteiger partial charge on any atom is -0.376 e. The Labute approximate surface area is 133 Å². The van der Waals surface area contributed by atoms with Gasteiger partial charge in [0.05, 0.1) is 6.54 Å². The fraction of sp³-hybridized carbons (Fsp3) is 0.125. The summed E-state index contributed by atoms with van der Waals surface area (Å²) >= 11 is 6.02. The first-order valence-electron chi connectivity index (χ1n) is 6.70. The molecule has 0 aliphatic rings. The molecule has 0 aliphatic carbocycles. The van der Waals surface area contributed by atoms with Gasteiger partial charge < -0.3 is 16.4 Å². The molecule has 0 bridgehead atoms. The molecule has 0 radical (unpaired) electrons. The van der Waals surface area contributed by atoms with Crippen LogP contribution in [0.1, 0.15) is 15.9 Å². The van der Waals surface area contributed by atoms with Gasteiger partial charge in [-0.25, -0.2) is 0 Å². The molecule has 5 nitrogen and oxygen atoms in total. The minimum absolute atomic E-state index is 0.0899. The molecular weight excluding hydrogens is 302 g/mol. The smallest absolute Gasteiger partial charge is 0.248 e. The zero-order valence-electron chi connectivity index (χ0n) is 11.8. The second-order valence-corrected chi connectivity index (χ2v) is 5.07. The third kappa shape index (κ3) is 4.49. The molecule has 0 saturated heterocycles. The Kier molecular flexibility index (Phi) is 5.38. The summed E-state index contributed by atoms with van der Waals surface area (Å²) in [6.07, 6.45) is 0. The first-order valence-corrected chi connectivity index (χ1v) is 7.08. The summed E-state index contributed by atoms with van der Waals surface area (Å²) in [6, 6.07) is 14.0. The van der Waals surface area contributed by atoms with Gasteiger partial charge in [0.15, 0.2) is 0 Å². The molecule has 2 aromatic rings. The molecule has 2 rings (SSSR count). The lowest BCUT2D eigenvalue weighted by molar-refractivity contribution is -0.119. The summed E-state index contributed by atoms with van der Waals surface area (Å²) in [5, 5.41) is 6.32. The van der Waals surface area contributed by atoms with Crippen molar-refractivity contribution >= 4 is 29.1 Å². The summed E-state index contributed by atoms with van der Waals surface area (Å²) in [7, 11) is 0. The average molecular weight is 318 g/mol. The van der Waals surface area contributed by atoms with Crippen LogP contribution in [0.4, 0.5) is 5.69 Å². The van der Waals surface area contributed by atoms with Gasteiger partial charge in [-0.1, -0.05) is 35.9 Å². The Hall–Kier alpha value is -2.53. The molecule has 0 spiro atoms. The van der Waals surface area contributed by atoms with Crippen molar-refractivity contribution in [2.24, 2.45) is 5.73 Å². The van der Waals surface area contributed by atoms with Gasteiger partial charge >= 0.3 is 0 Å². The van der Waals surface area contributed by atoms with Gasteiger partial charge in [-0.15, -0.1) is 0 Å². The Morgan fingerprint density at radius 1 is 1.09 bits per heavy atom. The zero-order chi connectivity index (χ0) is 15.9. The molecule has 0 heterocycles. The van der Waals surface area contributed by atoms with Crippen molar-refractivity contribution in [1.82, 2.24) is 5.32 Å². The third-order valence-corrected chi connectivity index (χ3v) is 3.40. The van der Waals surface area contributed by atoms with E-state index in [0.29, 0.717) is 22.8 Å². The first-order chi connectivity index (χ1) is 10.6. The van der Waals surface area contributed by atoms with E-state index in [1.807, 2.05) is 18.2 Å². The topological polar surface area (TPSA) is 84.2 Å². The first kappa shape index (κ1) is 15.9. The van der Waals surface area contributed by atoms with Gasteiger partial charge in [0.25, 0.3) is 0 Å². The van der Waals surface area contributed by atoms with Crippen molar-refractivity contribution in [1.29, 1.82) is 0 Å². The van der Waals surface area contributed by atoms with E-state index >= 15 is 0 Å². The van der Waals surface area contributed by atoms with Gasteiger partial charge in [0.2, 0.25) is 11.8 Å². The van der Waals surface area contributed by atoms with Crippen molar-refractivity contribution < 1.29 is 9.59 Å². The lowest BCUT2D eigenvalue weighted by Gasteiger charge is -2.09. The molecule has 2 aromatic carbocycles. The van der Waals surface area contributed by atoms with E-state index in [0.717, 1.165) is 5.56 Å². The standard InChI is InChI=1S/C16H16ClN3O2/c17-14-7-2-1-4-12(14)9-20-15(21)10-19-13-6-3-5-11(8-13)16(18)22/h1-8,19H,9-10H2,(H2,18,22)(H,20,21). The highest BCUT2D eigenvalue weighted by molar-refractivity contribution is 6.31. The van der Waals surface area contributed by atoms with Crippen molar-refractivity contribution in [2.75, 3.05) is 11.9 Å². The van der Waals surface area contributed by atoms with Crippen LogP contribution in [0.2, 0.25) is 5.02 Å². The number of nitrogens with two attached hydrogens (primary N) is 1. The predicted octanol–water partition coefficient (Wildman–Crippen LogP) is 2.17. The van der Waals surface area contributed by atoms with Crippen LogP contribution in [0, 0.1) is 0 Å². The molecule has 0 aromatic heterocycles. The van der Waals surface area contributed by atoms with E-state index in [2.05, 4.69) is 10.6 Å². The molecule has 0 saturated carbocycles. The summed E-state index contributed by atoms with van der Waals surface area (Å²) in [6.45, 7) is 0.453. The second-order valence-electron chi connectivity index (χ2n) is 4.67. The predicted molar refractivity (Wildman–Crippen MR) is 86.7 cm³/mol. The van der Waals surface area contributed by atoms with Crippen LogP contribution in [-0.2, 0) is 11.3 Å². The fourth-order valence-electron chi connectivity index (χ4n) is 1.86. The number of primary amides is 1. The number of nitrogens with one attached hydrogen (secondary N) is 2. The molecule has 22 heavy (non-hydrogen) atoms. The van der Waals surface area contributed by atoms with E-state index in [1.54, 1.807) is 30.3 Å².